The number of amides is 3. The molecule has 20 heteroatoms. The number of carbonyl (C=O) groups excluding carboxylic acids is 3. The smallest absolute Gasteiger partial charge is 0.301 e. The molecule has 0 spiro atoms. The molecule has 0 unspecified atom stereocenters. The number of nitrogens with one attached hydrogen (secondary N) is 2. The van der Waals surface area contributed by atoms with E-state index in [-0.39, 0.29) is 54.6 Å². The third-order valence-corrected chi connectivity index (χ3v) is 14.5. The van der Waals surface area contributed by atoms with E-state index in [1.54, 1.807) is 11.0 Å². The monoisotopic (exact) mass is 918 g/mol. The van der Waals surface area contributed by atoms with Crippen molar-refractivity contribution in [3.05, 3.63) is 112 Å². The van der Waals surface area contributed by atoms with Crippen LogP contribution in [0.4, 0.5) is 25.8 Å². The van der Waals surface area contributed by atoms with Crippen LogP contribution in [-0.2, 0) is 26.3 Å². The SMILES string of the molecule is N#Cc1c(NS(=O)(=O)N2CC[C@@H](F)C2)ccc(F)c1Oc1ccc2ncn(-c3cccc(N4CCN(CC5CN(c6ccc7c(c6)CN([C@H]6CCC(=O)NC6=O)C7=O)C5)CC4)c3)c(=O)c2c1. The van der Waals surface area contributed by atoms with Crippen LogP contribution in [0.15, 0.2) is 83.9 Å². The summed E-state index contributed by atoms with van der Waals surface area (Å²) < 4.78 is 65.3. The van der Waals surface area contributed by atoms with Crippen molar-refractivity contribution >= 4 is 55.9 Å². The molecule has 0 radical (unpaired) electrons. The number of imide groups is 1. The number of nitrogens with zero attached hydrogens (tertiary/aromatic N) is 8. The van der Waals surface area contributed by atoms with Gasteiger partial charge in [0.25, 0.3) is 11.5 Å². The van der Waals surface area contributed by atoms with Gasteiger partial charge in [-0.15, -0.1) is 0 Å². The first-order valence-corrected chi connectivity index (χ1v) is 23.2. The number of benzene rings is 4. The van der Waals surface area contributed by atoms with Gasteiger partial charge < -0.3 is 19.4 Å². The summed E-state index contributed by atoms with van der Waals surface area (Å²) in [6, 6.07) is 21.1. The fraction of sp³-hybridized carbons (Fsp3) is 0.348. The summed E-state index contributed by atoms with van der Waals surface area (Å²) in [5.74, 6) is -1.90. The Morgan fingerprint density at radius 3 is 2.42 bits per heavy atom. The molecule has 17 nitrogen and oxygen atoms in total. The van der Waals surface area contributed by atoms with Crippen molar-refractivity contribution < 1.29 is 36.3 Å². The van der Waals surface area contributed by atoms with Gasteiger partial charge in [0.05, 0.1) is 22.3 Å². The maximum absolute atomic E-state index is 15.2. The van der Waals surface area contributed by atoms with Crippen molar-refractivity contribution in [2.24, 2.45) is 5.92 Å². The molecule has 0 aliphatic carbocycles. The standard InChI is InChI=1S/C46H44F2N10O7S/c47-30-12-13-56(26-30)66(63,64)52-40-9-7-38(48)43(37(40)21-49)65-34-5-8-39-36(20-34)46(62)58(27-50-39)33-3-1-2-31(19-33)54-16-14-53(15-17-54)22-28-23-55(24-28)32-4-6-35-29(18-32)25-57(45(35)61)41-10-11-42(59)51-44(41)60/h1-9,18-20,27-28,30,41,52H,10-17,22-26H2,(H,51,59,60)/t30-,41+/m1/s1. The molecule has 4 fully saturated rings. The van der Waals surface area contributed by atoms with E-state index in [1.807, 2.05) is 42.5 Å². The van der Waals surface area contributed by atoms with Crippen molar-refractivity contribution in [2.45, 2.75) is 38.0 Å². The highest BCUT2D eigenvalue weighted by atomic mass is 32.2. The molecule has 5 aliphatic rings. The molecule has 0 saturated carbocycles. The van der Waals surface area contributed by atoms with Crippen molar-refractivity contribution in [2.75, 3.05) is 73.4 Å². The van der Waals surface area contributed by atoms with Crippen molar-refractivity contribution in [3.8, 4) is 23.3 Å². The van der Waals surface area contributed by atoms with Gasteiger partial charge in [0.15, 0.2) is 11.6 Å². The van der Waals surface area contributed by atoms with Gasteiger partial charge in [-0.3, -0.25) is 38.7 Å². The predicted molar refractivity (Wildman–Crippen MR) is 239 cm³/mol. The number of fused-ring (bicyclic) bond motifs is 2. The lowest BCUT2D eigenvalue weighted by atomic mass is 9.97. The third-order valence-electron chi connectivity index (χ3n) is 13.0. The van der Waals surface area contributed by atoms with Gasteiger partial charge in [0, 0.05) is 94.7 Å². The fourth-order valence-electron chi connectivity index (χ4n) is 9.48. The Kier molecular flexibility index (Phi) is 11.1. The first-order chi connectivity index (χ1) is 31.8. The summed E-state index contributed by atoms with van der Waals surface area (Å²) in [5, 5.41) is 12.5. The van der Waals surface area contributed by atoms with Gasteiger partial charge in [-0.25, -0.2) is 13.8 Å². The van der Waals surface area contributed by atoms with Gasteiger partial charge >= 0.3 is 10.2 Å². The number of aromatic nitrogens is 2. The van der Waals surface area contributed by atoms with E-state index in [2.05, 4.69) is 29.7 Å². The normalized spacial score (nSPS) is 20.6. The van der Waals surface area contributed by atoms with Gasteiger partial charge in [-0.2, -0.15) is 18.0 Å². The number of piperidine rings is 1. The second-order valence-electron chi connectivity index (χ2n) is 17.3. The minimum absolute atomic E-state index is 0.0108. The lowest BCUT2D eigenvalue weighted by Gasteiger charge is -2.45. The predicted octanol–water partition coefficient (Wildman–Crippen LogP) is 3.91. The number of anilines is 3. The molecule has 2 N–H and O–H groups in total. The Morgan fingerprint density at radius 1 is 0.879 bits per heavy atom. The highest BCUT2D eigenvalue weighted by molar-refractivity contribution is 7.90. The van der Waals surface area contributed by atoms with Crippen LogP contribution in [-0.4, -0.2) is 121 Å². The second-order valence-corrected chi connectivity index (χ2v) is 19.0. The number of rotatable bonds is 11. The van der Waals surface area contributed by atoms with Crippen LogP contribution in [0, 0.1) is 23.1 Å². The average molecular weight is 919 g/mol. The molecule has 3 amide bonds. The number of hydrogen-bond acceptors (Lipinski definition) is 12. The average Bonchev–Trinajstić information content (AvgIpc) is 3.89. The number of carbonyl (C=O) groups is 3. The van der Waals surface area contributed by atoms with Crippen LogP contribution in [0.2, 0.25) is 0 Å². The minimum atomic E-state index is -4.25. The molecular formula is C46H44F2N10O7S. The van der Waals surface area contributed by atoms with Gasteiger partial charge in [0.1, 0.15) is 35.9 Å². The zero-order valence-electron chi connectivity index (χ0n) is 35.5. The molecule has 5 aliphatic heterocycles. The van der Waals surface area contributed by atoms with E-state index in [0.29, 0.717) is 35.7 Å². The zero-order valence-corrected chi connectivity index (χ0v) is 36.3. The number of piperazine rings is 1. The van der Waals surface area contributed by atoms with Gasteiger partial charge in [-0.1, -0.05) is 6.07 Å². The molecule has 4 aromatic carbocycles. The van der Waals surface area contributed by atoms with E-state index < -0.39 is 51.0 Å². The number of halogens is 2. The van der Waals surface area contributed by atoms with E-state index in [1.165, 1.54) is 29.1 Å². The Balaban J connectivity index is 0.762. The molecule has 6 heterocycles. The van der Waals surface area contributed by atoms with Gasteiger partial charge in [-0.05, 0) is 85.1 Å². The molecule has 5 aromatic rings. The summed E-state index contributed by atoms with van der Waals surface area (Å²) in [6.07, 6.45) is 0.717. The first kappa shape index (κ1) is 43.0. The molecule has 10 rings (SSSR count). The fourth-order valence-corrected chi connectivity index (χ4v) is 10.8. The van der Waals surface area contributed by atoms with Gasteiger partial charge in [0.2, 0.25) is 11.8 Å². The molecule has 66 heavy (non-hydrogen) atoms. The Bertz CT molecular complexity index is 3020. The van der Waals surface area contributed by atoms with Crippen LogP contribution in [0.25, 0.3) is 16.6 Å². The lowest BCUT2D eigenvalue weighted by Crippen LogP contribution is -2.55. The zero-order chi connectivity index (χ0) is 45.9. The van der Waals surface area contributed by atoms with Crippen LogP contribution in [0.3, 0.4) is 0 Å². The Labute approximate surface area is 377 Å². The van der Waals surface area contributed by atoms with E-state index in [9.17, 15) is 37.2 Å². The second kappa shape index (κ2) is 17.1. The molecular weight excluding hydrogens is 875 g/mol. The summed E-state index contributed by atoms with van der Waals surface area (Å²) in [4.78, 5) is 64.3. The van der Waals surface area contributed by atoms with Crippen LogP contribution in [0.5, 0.6) is 11.5 Å². The summed E-state index contributed by atoms with van der Waals surface area (Å²) >= 11 is 0. The quantitative estimate of drug-likeness (QED) is 0.182. The van der Waals surface area contributed by atoms with Crippen molar-refractivity contribution in [1.29, 1.82) is 5.26 Å². The molecule has 0 bridgehead atoms. The number of nitriles is 1. The lowest BCUT2D eigenvalue weighted by molar-refractivity contribution is -0.136. The number of ether oxygens (including phenoxy) is 1. The topological polar surface area (TPSA) is 194 Å². The number of alkyl halides is 1. The summed E-state index contributed by atoms with van der Waals surface area (Å²) in [6.45, 7) is 6.01. The molecule has 4 saturated heterocycles. The maximum atomic E-state index is 15.2. The van der Waals surface area contributed by atoms with Crippen LogP contribution in [0.1, 0.15) is 40.7 Å². The van der Waals surface area contributed by atoms with Crippen molar-refractivity contribution in [1.82, 2.24) is 29.0 Å². The molecule has 2 atom stereocenters. The Morgan fingerprint density at radius 2 is 1.67 bits per heavy atom. The Hall–Kier alpha value is -6.95. The summed E-state index contributed by atoms with van der Waals surface area (Å²) in [5.41, 5.74) is 3.35. The van der Waals surface area contributed by atoms with E-state index >= 15 is 4.39 Å². The maximum Gasteiger partial charge on any atom is 0.301 e. The minimum Gasteiger partial charge on any atom is -0.453 e. The first-order valence-electron chi connectivity index (χ1n) is 21.8. The highest BCUT2D eigenvalue weighted by Crippen LogP contribution is 2.36. The third kappa shape index (κ3) is 8.18. The van der Waals surface area contributed by atoms with Crippen LogP contribution >= 0.6 is 0 Å². The van der Waals surface area contributed by atoms with Crippen LogP contribution < -0.4 is 30.1 Å². The van der Waals surface area contributed by atoms with E-state index in [4.69, 9.17) is 4.74 Å². The molecule has 1 aromatic heterocycles. The van der Waals surface area contributed by atoms with Crippen molar-refractivity contribution in [3.63, 3.8) is 0 Å². The van der Waals surface area contributed by atoms with E-state index in [0.717, 1.165) is 79.2 Å². The largest absolute Gasteiger partial charge is 0.453 e. The number of hydrogen-bond donors (Lipinski definition) is 2. The highest BCUT2D eigenvalue weighted by Gasteiger charge is 2.40. The molecule has 340 valence electrons. The summed E-state index contributed by atoms with van der Waals surface area (Å²) in [7, 11) is -4.25.